The zero-order valence-corrected chi connectivity index (χ0v) is 19.2. The van der Waals surface area contributed by atoms with Gasteiger partial charge in [0.1, 0.15) is 0 Å². The Bertz CT molecular complexity index is 343. The van der Waals surface area contributed by atoms with Gasteiger partial charge in [0.2, 0.25) is 0 Å². The summed E-state index contributed by atoms with van der Waals surface area (Å²) in [4.78, 5) is 0. The molecule has 8 nitrogen and oxygen atoms in total. The average molecular weight is 436 g/mol. The predicted molar refractivity (Wildman–Crippen MR) is 116 cm³/mol. The fourth-order valence-electron chi connectivity index (χ4n) is 2.74. The topological polar surface area (TPSA) is 76.6 Å². The zero-order chi connectivity index (χ0) is 21.5. The molecular weight excluding hydrogens is 390 g/mol. The highest BCUT2D eigenvalue weighted by atomic mass is 16.6. The van der Waals surface area contributed by atoms with Crippen molar-refractivity contribution < 1.29 is 33.2 Å². The molecule has 1 fully saturated rings. The smallest absolute Gasteiger partial charge is 0.0704 e. The molecule has 1 saturated heterocycles. The van der Waals surface area contributed by atoms with Crippen LogP contribution >= 0.6 is 0 Å². The van der Waals surface area contributed by atoms with Gasteiger partial charge in [0, 0.05) is 6.61 Å². The van der Waals surface area contributed by atoms with Gasteiger partial charge in [0.15, 0.2) is 0 Å². The van der Waals surface area contributed by atoms with E-state index in [-0.39, 0.29) is 0 Å². The Kier molecular flexibility index (Phi) is 20.2. The largest absolute Gasteiger partial charge is 0.379 e. The van der Waals surface area contributed by atoms with Crippen LogP contribution in [0, 0.1) is 5.92 Å². The molecule has 0 amide bonds. The molecule has 1 N–H and O–H groups in total. The van der Waals surface area contributed by atoms with Gasteiger partial charge >= 0.3 is 0 Å². The Hall–Kier alpha value is -0.320. The normalized spacial score (nSPS) is 16.2. The second kappa shape index (κ2) is 21.9. The molecule has 0 bridgehead atoms. The van der Waals surface area contributed by atoms with E-state index in [1.807, 2.05) is 0 Å². The van der Waals surface area contributed by atoms with Crippen molar-refractivity contribution >= 4 is 0 Å². The van der Waals surface area contributed by atoms with Crippen LogP contribution in [-0.2, 0) is 33.2 Å². The zero-order valence-electron chi connectivity index (χ0n) is 19.2. The Labute approximate surface area is 183 Å². The summed E-state index contributed by atoms with van der Waals surface area (Å²) in [6.45, 7) is 14.4. The average Bonchev–Trinajstić information content (AvgIpc) is 2.78. The predicted octanol–water partition coefficient (Wildman–Crippen LogP) is 1.90. The highest BCUT2D eigenvalue weighted by molar-refractivity contribution is 4.67. The second-order valence-corrected chi connectivity index (χ2v) is 7.47. The number of rotatable bonds is 22. The molecular formula is C22H45NO7. The third-order valence-corrected chi connectivity index (χ3v) is 4.83. The molecule has 0 aromatic carbocycles. The van der Waals surface area contributed by atoms with E-state index in [0.29, 0.717) is 91.3 Å². The maximum atomic E-state index is 5.77. The molecule has 1 heterocycles. The highest BCUT2D eigenvalue weighted by Crippen LogP contribution is 2.06. The van der Waals surface area contributed by atoms with Gasteiger partial charge in [-0.1, -0.05) is 20.3 Å². The standard InChI is InChI=1S/C22H45NO7/c1-3-21(2)20-29-17-16-27-13-12-25-9-8-24-10-11-26-14-15-28-18-19-30-22-4-6-23-7-5-22/h21-23H,3-20H2,1-2H3. The molecule has 0 aliphatic carbocycles. The molecule has 1 aliphatic rings. The first-order chi connectivity index (χ1) is 14.8. The third-order valence-electron chi connectivity index (χ3n) is 4.83. The summed E-state index contributed by atoms with van der Waals surface area (Å²) < 4.78 is 38.6. The minimum Gasteiger partial charge on any atom is -0.379 e. The quantitative estimate of drug-likeness (QED) is 0.259. The lowest BCUT2D eigenvalue weighted by Gasteiger charge is -2.22. The number of ether oxygens (including phenoxy) is 7. The summed E-state index contributed by atoms with van der Waals surface area (Å²) in [7, 11) is 0. The summed E-state index contributed by atoms with van der Waals surface area (Å²) >= 11 is 0. The van der Waals surface area contributed by atoms with Crippen LogP contribution in [0.15, 0.2) is 0 Å². The minimum atomic E-state index is 0.388. The molecule has 0 saturated carbocycles. The SMILES string of the molecule is CCC(C)COCCOCCOCCOCCOCCOCCOC1CCNCC1. The van der Waals surface area contributed by atoms with Gasteiger partial charge in [-0.3, -0.25) is 0 Å². The Morgan fingerprint density at radius 2 is 1.03 bits per heavy atom. The molecule has 0 aromatic heterocycles. The summed E-state index contributed by atoms with van der Waals surface area (Å²) in [6, 6.07) is 0. The van der Waals surface area contributed by atoms with Crippen LogP contribution < -0.4 is 5.32 Å². The van der Waals surface area contributed by atoms with Crippen LogP contribution in [0.4, 0.5) is 0 Å². The minimum absolute atomic E-state index is 0.388. The Balaban J connectivity index is 1.64. The van der Waals surface area contributed by atoms with E-state index in [1.165, 1.54) is 0 Å². The molecule has 1 atom stereocenters. The number of hydrogen-bond donors (Lipinski definition) is 1. The van der Waals surface area contributed by atoms with Crippen molar-refractivity contribution in [1.82, 2.24) is 5.32 Å². The first-order valence-corrected chi connectivity index (χ1v) is 11.6. The van der Waals surface area contributed by atoms with E-state index in [9.17, 15) is 0 Å². The van der Waals surface area contributed by atoms with Gasteiger partial charge in [-0.15, -0.1) is 0 Å². The second-order valence-electron chi connectivity index (χ2n) is 7.47. The van der Waals surface area contributed by atoms with Gasteiger partial charge < -0.3 is 38.5 Å². The fourth-order valence-corrected chi connectivity index (χ4v) is 2.74. The third kappa shape index (κ3) is 18.4. The summed E-state index contributed by atoms with van der Waals surface area (Å²) in [6.07, 6.45) is 3.72. The Morgan fingerprint density at radius 3 is 1.47 bits per heavy atom. The number of piperidine rings is 1. The van der Waals surface area contributed by atoms with Crippen molar-refractivity contribution in [2.45, 2.75) is 39.2 Å². The molecule has 0 aromatic rings. The number of nitrogens with one attached hydrogen (secondary N) is 1. The van der Waals surface area contributed by atoms with Crippen LogP contribution in [0.3, 0.4) is 0 Å². The summed E-state index contributed by atoms with van der Waals surface area (Å²) in [5.41, 5.74) is 0. The molecule has 30 heavy (non-hydrogen) atoms. The fraction of sp³-hybridized carbons (Fsp3) is 1.00. The van der Waals surface area contributed by atoms with Crippen molar-refractivity contribution in [3.05, 3.63) is 0 Å². The lowest BCUT2D eigenvalue weighted by Crippen LogP contribution is -2.33. The van der Waals surface area contributed by atoms with E-state index >= 15 is 0 Å². The maximum Gasteiger partial charge on any atom is 0.0704 e. The Morgan fingerprint density at radius 1 is 0.633 bits per heavy atom. The maximum absolute atomic E-state index is 5.77. The van der Waals surface area contributed by atoms with E-state index < -0.39 is 0 Å². The van der Waals surface area contributed by atoms with Crippen molar-refractivity contribution in [2.75, 3.05) is 99.0 Å². The molecule has 1 unspecified atom stereocenters. The molecule has 1 rings (SSSR count). The van der Waals surface area contributed by atoms with Crippen molar-refractivity contribution in [1.29, 1.82) is 0 Å². The lowest BCUT2D eigenvalue weighted by molar-refractivity contribution is -0.0309. The van der Waals surface area contributed by atoms with Gasteiger partial charge in [0.05, 0.1) is 85.4 Å². The van der Waals surface area contributed by atoms with Crippen LogP contribution in [0.25, 0.3) is 0 Å². The monoisotopic (exact) mass is 435 g/mol. The van der Waals surface area contributed by atoms with E-state index in [4.69, 9.17) is 33.2 Å². The molecule has 180 valence electrons. The first kappa shape index (κ1) is 27.7. The molecule has 1 aliphatic heterocycles. The van der Waals surface area contributed by atoms with Gasteiger partial charge in [-0.2, -0.15) is 0 Å². The van der Waals surface area contributed by atoms with E-state index in [2.05, 4.69) is 19.2 Å². The molecule has 8 heteroatoms. The van der Waals surface area contributed by atoms with E-state index in [0.717, 1.165) is 39.0 Å². The van der Waals surface area contributed by atoms with E-state index in [1.54, 1.807) is 0 Å². The lowest BCUT2D eigenvalue weighted by atomic mass is 10.1. The summed E-state index contributed by atoms with van der Waals surface area (Å²) in [5, 5.41) is 3.33. The van der Waals surface area contributed by atoms with Crippen LogP contribution in [-0.4, -0.2) is 105 Å². The molecule has 0 radical (unpaired) electrons. The van der Waals surface area contributed by atoms with Crippen LogP contribution in [0.2, 0.25) is 0 Å². The highest BCUT2D eigenvalue weighted by Gasteiger charge is 2.12. The van der Waals surface area contributed by atoms with Crippen molar-refractivity contribution in [3.63, 3.8) is 0 Å². The van der Waals surface area contributed by atoms with Crippen LogP contribution in [0.5, 0.6) is 0 Å². The first-order valence-electron chi connectivity index (χ1n) is 11.6. The van der Waals surface area contributed by atoms with Crippen molar-refractivity contribution in [3.8, 4) is 0 Å². The van der Waals surface area contributed by atoms with Gasteiger partial charge in [-0.05, 0) is 31.8 Å². The van der Waals surface area contributed by atoms with Gasteiger partial charge in [-0.25, -0.2) is 0 Å². The van der Waals surface area contributed by atoms with Crippen molar-refractivity contribution in [2.24, 2.45) is 5.92 Å². The summed E-state index contributed by atoms with van der Waals surface area (Å²) in [5.74, 6) is 0.612. The van der Waals surface area contributed by atoms with Crippen LogP contribution in [0.1, 0.15) is 33.1 Å². The number of hydrogen-bond acceptors (Lipinski definition) is 8. The molecule has 0 spiro atoms. The van der Waals surface area contributed by atoms with Gasteiger partial charge in [0.25, 0.3) is 0 Å².